The molecule has 6 rings (SSSR count). The molecule has 2 heterocycles. The second kappa shape index (κ2) is 7.36. The molecule has 3 nitrogen and oxygen atoms in total. The fraction of sp³-hybridized carbons (Fsp3) is 0. The van der Waals surface area contributed by atoms with E-state index < -0.39 is 0 Å². The van der Waals surface area contributed by atoms with E-state index in [1.54, 1.807) is 12.3 Å². The van der Waals surface area contributed by atoms with Crippen LogP contribution in [0.15, 0.2) is 95.7 Å². The molecule has 0 aliphatic heterocycles. The molecular weight excluding hydrogens is 423 g/mol. The topological polar surface area (TPSA) is 41.8 Å². The lowest BCUT2D eigenvalue weighted by Gasteiger charge is -2.05. The van der Waals surface area contributed by atoms with Crippen molar-refractivity contribution >= 4 is 33.3 Å². The van der Waals surface area contributed by atoms with Crippen molar-refractivity contribution in [2.45, 2.75) is 0 Å². The smallest absolute Gasteiger partial charge is 0.226 e. The van der Waals surface area contributed by atoms with Gasteiger partial charge >= 0.3 is 0 Å². The number of H-pyrrole nitrogens is 1. The van der Waals surface area contributed by atoms with Crippen LogP contribution in [0.25, 0.3) is 55.6 Å². The SMILES string of the molecule is Fc1ccc2c(-c3ccc4ccc(-c5ncc(-c6ccccc6Cl)o5)cc4c3)c[nH]c2c1. The van der Waals surface area contributed by atoms with Crippen molar-refractivity contribution in [3.05, 3.63) is 102 Å². The summed E-state index contributed by atoms with van der Waals surface area (Å²) in [5, 5.41) is 3.78. The number of aromatic amines is 1. The van der Waals surface area contributed by atoms with E-state index >= 15 is 0 Å². The molecule has 0 atom stereocenters. The number of oxazole rings is 1. The number of aromatic nitrogens is 2. The van der Waals surface area contributed by atoms with Gasteiger partial charge in [0.2, 0.25) is 5.89 Å². The van der Waals surface area contributed by atoms with E-state index in [2.05, 4.69) is 40.3 Å². The van der Waals surface area contributed by atoms with Gasteiger partial charge < -0.3 is 9.40 Å². The maximum absolute atomic E-state index is 13.6. The highest BCUT2D eigenvalue weighted by atomic mass is 35.5. The van der Waals surface area contributed by atoms with E-state index in [1.807, 2.05) is 36.5 Å². The predicted octanol–water partition coefficient (Wildman–Crippen LogP) is 8.10. The summed E-state index contributed by atoms with van der Waals surface area (Å²) in [5.41, 5.74) is 4.56. The molecule has 5 heteroatoms. The van der Waals surface area contributed by atoms with E-state index in [4.69, 9.17) is 16.0 Å². The summed E-state index contributed by atoms with van der Waals surface area (Å²) in [7, 11) is 0. The van der Waals surface area contributed by atoms with Crippen molar-refractivity contribution in [1.82, 2.24) is 9.97 Å². The lowest BCUT2D eigenvalue weighted by Crippen LogP contribution is -1.81. The van der Waals surface area contributed by atoms with Crippen LogP contribution in [0.5, 0.6) is 0 Å². The van der Waals surface area contributed by atoms with Crippen LogP contribution in [0.1, 0.15) is 0 Å². The molecule has 6 aromatic rings. The number of halogens is 2. The Morgan fingerprint density at radius 3 is 2.50 bits per heavy atom. The minimum Gasteiger partial charge on any atom is -0.436 e. The summed E-state index contributed by atoms with van der Waals surface area (Å²) in [4.78, 5) is 7.63. The fourth-order valence-corrected chi connectivity index (χ4v) is 4.31. The Hall–Kier alpha value is -3.89. The third-order valence-corrected chi connectivity index (χ3v) is 6.02. The fourth-order valence-electron chi connectivity index (χ4n) is 4.08. The molecule has 0 unspecified atom stereocenters. The van der Waals surface area contributed by atoms with Gasteiger partial charge in [0.1, 0.15) is 5.82 Å². The molecule has 4 aromatic carbocycles. The number of hydrogen-bond acceptors (Lipinski definition) is 2. The first-order valence-corrected chi connectivity index (χ1v) is 10.6. The van der Waals surface area contributed by atoms with Gasteiger partial charge in [0.05, 0.1) is 11.2 Å². The Morgan fingerprint density at radius 1 is 0.812 bits per heavy atom. The molecular formula is C27H16ClFN2O. The van der Waals surface area contributed by atoms with Gasteiger partial charge in [-0.05, 0) is 64.9 Å². The normalized spacial score (nSPS) is 11.4. The van der Waals surface area contributed by atoms with Gasteiger partial charge in [0.25, 0.3) is 0 Å². The quantitative estimate of drug-likeness (QED) is 0.303. The molecule has 0 saturated carbocycles. The number of nitrogens with zero attached hydrogens (tertiary/aromatic N) is 1. The summed E-state index contributed by atoms with van der Waals surface area (Å²) < 4.78 is 19.6. The Kier molecular flexibility index (Phi) is 4.33. The second-order valence-electron chi connectivity index (χ2n) is 7.68. The van der Waals surface area contributed by atoms with Crippen molar-refractivity contribution in [1.29, 1.82) is 0 Å². The van der Waals surface area contributed by atoms with Crippen molar-refractivity contribution in [3.63, 3.8) is 0 Å². The zero-order chi connectivity index (χ0) is 21.7. The van der Waals surface area contributed by atoms with Gasteiger partial charge in [-0.3, -0.25) is 0 Å². The van der Waals surface area contributed by atoms with Gasteiger partial charge in [0, 0.05) is 33.8 Å². The highest BCUT2D eigenvalue weighted by Gasteiger charge is 2.12. The maximum Gasteiger partial charge on any atom is 0.226 e. The third kappa shape index (κ3) is 3.17. The lowest BCUT2D eigenvalue weighted by molar-refractivity contribution is 0.589. The number of nitrogens with one attached hydrogen (secondary N) is 1. The van der Waals surface area contributed by atoms with Crippen LogP contribution >= 0.6 is 11.6 Å². The Bertz CT molecular complexity index is 1620. The molecule has 0 saturated heterocycles. The van der Waals surface area contributed by atoms with Crippen molar-refractivity contribution in [3.8, 4) is 33.9 Å². The third-order valence-electron chi connectivity index (χ3n) is 5.69. The minimum absolute atomic E-state index is 0.254. The number of rotatable bonds is 3. The van der Waals surface area contributed by atoms with Gasteiger partial charge in [-0.1, -0.05) is 41.9 Å². The number of hydrogen-bond donors (Lipinski definition) is 1. The first-order chi connectivity index (χ1) is 15.7. The molecule has 32 heavy (non-hydrogen) atoms. The Labute approximate surface area is 188 Å². The van der Waals surface area contributed by atoms with Crippen molar-refractivity contribution < 1.29 is 8.81 Å². The number of fused-ring (bicyclic) bond motifs is 2. The zero-order valence-electron chi connectivity index (χ0n) is 16.8. The molecule has 2 aromatic heterocycles. The molecule has 0 radical (unpaired) electrons. The number of benzene rings is 4. The Morgan fingerprint density at radius 2 is 1.62 bits per heavy atom. The molecule has 0 amide bonds. The summed E-state index contributed by atoms with van der Waals surface area (Å²) >= 11 is 6.30. The molecule has 0 aliphatic carbocycles. The zero-order valence-corrected chi connectivity index (χ0v) is 17.5. The van der Waals surface area contributed by atoms with E-state index in [0.29, 0.717) is 16.7 Å². The van der Waals surface area contributed by atoms with Crippen LogP contribution in [-0.4, -0.2) is 9.97 Å². The molecule has 0 bridgehead atoms. The molecule has 154 valence electrons. The maximum atomic E-state index is 13.6. The average molecular weight is 439 g/mol. The van der Waals surface area contributed by atoms with Crippen molar-refractivity contribution in [2.75, 3.05) is 0 Å². The van der Waals surface area contributed by atoms with Gasteiger partial charge in [-0.2, -0.15) is 0 Å². The minimum atomic E-state index is -0.254. The molecule has 0 fully saturated rings. The first-order valence-electron chi connectivity index (χ1n) is 10.2. The van der Waals surface area contributed by atoms with Crippen LogP contribution in [0.3, 0.4) is 0 Å². The van der Waals surface area contributed by atoms with E-state index in [-0.39, 0.29) is 5.82 Å². The first kappa shape index (κ1) is 18.8. The highest BCUT2D eigenvalue weighted by molar-refractivity contribution is 6.33. The largest absolute Gasteiger partial charge is 0.436 e. The van der Waals surface area contributed by atoms with Crippen LogP contribution < -0.4 is 0 Å². The predicted molar refractivity (Wildman–Crippen MR) is 127 cm³/mol. The van der Waals surface area contributed by atoms with Crippen LogP contribution in [-0.2, 0) is 0 Å². The van der Waals surface area contributed by atoms with Crippen LogP contribution in [0.4, 0.5) is 4.39 Å². The molecule has 0 spiro atoms. The van der Waals surface area contributed by atoms with Crippen LogP contribution in [0, 0.1) is 5.82 Å². The van der Waals surface area contributed by atoms with E-state index in [9.17, 15) is 4.39 Å². The second-order valence-corrected chi connectivity index (χ2v) is 8.09. The highest BCUT2D eigenvalue weighted by Crippen LogP contribution is 2.34. The summed E-state index contributed by atoms with van der Waals surface area (Å²) in [5.74, 6) is 0.913. The molecule has 0 aliphatic rings. The van der Waals surface area contributed by atoms with Gasteiger partial charge in [0.15, 0.2) is 5.76 Å². The van der Waals surface area contributed by atoms with E-state index in [1.165, 1.54) is 12.1 Å². The monoisotopic (exact) mass is 438 g/mol. The van der Waals surface area contributed by atoms with Crippen molar-refractivity contribution in [2.24, 2.45) is 0 Å². The average Bonchev–Trinajstić information content (AvgIpc) is 3.46. The lowest BCUT2D eigenvalue weighted by atomic mass is 9.99. The standard InChI is InChI=1S/C27H16ClFN2O/c28-24-4-2-1-3-22(24)26-15-31-27(32-26)18-8-6-16-5-7-17(11-19(16)12-18)23-14-30-25-13-20(29)9-10-21(23)25/h1-15,30H. The summed E-state index contributed by atoms with van der Waals surface area (Å²) in [6.07, 6.45) is 3.61. The van der Waals surface area contributed by atoms with Crippen LogP contribution in [0.2, 0.25) is 5.02 Å². The summed E-state index contributed by atoms with van der Waals surface area (Å²) in [6.45, 7) is 0. The summed E-state index contributed by atoms with van der Waals surface area (Å²) in [6, 6.07) is 24.7. The molecule has 1 N–H and O–H groups in total. The van der Waals surface area contributed by atoms with E-state index in [0.717, 1.165) is 43.9 Å². The van der Waals surface area contributed by atoms with Gasteiger partial charge in [-0.15, -0.1) is 0 Å². The Balaban J connectivity index is 1.42. The van der Waals surface area contributed by atoms with Gasteiger partial charge in [-0.25, -0.2) is 9.37 Å².